The first-order valence-corrected chi connectivity index (χ1v) is 23.1. The number of phosphoric acid groups is 1. The molecule has 6 N–H and O–H groups in total. The van der Waals surface area contributed by atoms with Gasteiger partial charge in [0, 0.05) is 12.8 Å². The molecule has 0 aromatic rings. The molecular formula is C44H75O13P. The van der Waals surface area contributed by atoms with E-state index in [1.54, 1.807) is 0 Å². The van der Waals surface area contributed by atoms with Crippen LogP contribution in [0.1, 0.15) is 149 Å². The van der Waals surface area contributed by atoms with E-state index in [4.69, 9.17) is 18.5 Å². The Kier molecular flexibility index (Phi) is 31.7. The van der Waals surface area contributed by atoms with Crippen molar-refractivity contribution in [3.05, 3.63) is 60.8 Å². The summed E-state index contributed by atoms with van der Waals surface area (Å²) in [5.41, 5.74) is 0. The number of rotatable bonds is 34. The number of unbranched alkanes of at least 4 members (excludes halogenated alkanes) is 12. The van der Waals surface area contributed by atoms with E-state index in [0.717, 1.165) is 96.3 Å². The number of carbonyl (C=O) groups is 2. The summed E-state index contributed by atoms with van der Waals surface area (Å²) in [6.07, 6.45) is 27.1. The Balaban J connectivity index is 2.52. The minimum Gasteiger partial charge on any atom is -0.462 e. The number of aliphatic hydroxyl groups is 5. The van der Waals surface area contributed by atoms with Crippen LogP contribution in [0.3, 0.4) is 0 Å². The molecule has 58 heavy (non-hydrogen) atoms. The zero-order chi connectivity index (χ0) is 42.9. The van der Waals surface area contributed by atoms with Crippen LogP contribution in [0.4, 0.5) is 0 Å². The Morgan fingerprint density at radius 3 is 1.50 bits per heavy atom. The molecule has 334 valence electrons. The molecule has 1 fully saturated rings. The van der Waals surface area contributed by atoms with Crippen molar-refractivity contribution < 1.29 is 63.1 Å². The van der Waals surface area contributed by atoms with E-state index < -0.39 is 75.7 Å². The Morgan fingerprint density at radius 2 is 0.983 bits per heavy atom. The van der Waals surface area contributed by atoms with Crippen molar-refractivity contribution in [2.75, 3.05) is 13.2 Å². The van der Waals surface area contributed by atoms with Gasteiger partial charge in [-0.25, -0.2) is 4.57 Å². The number of phosphoric ester groups is 1. The largest absolute Gasteiger partial charge is 0.472 e. The molecule has 0 saturated heterocycles. The summed E-state index contributed by atoms with van der Waals surface area (Å²) in [4.78, 5) is 35.6. The molecule has 1 saturated carbocycles. The maximum atomic E-state index is 12.8. The molecule has 0 aromatic carbocycles. The number of hydrogen-bond acceptors (Lipinski definition) is 12. The van der Waals surface area contributed by atoms with Crippen molar-refractivity contribution >= 4 is 19.8 Å². The van der Waals surface area contributed by atoms with Gasteiger partial charge in [0.05, 0.1) is 6.61 Å². The standard InChI is InChI=1S/C44H75O13P/c1-3-5-7-9-11-13-15-17-19-21-22-24-26-28-30-32-37(45)54-34-36(35-55-58(52,53)57-44-42(50)40(48)39(47)41(49)43(44)51)56-38(46)33-31-29-27-25-23-20-18-16-14-12-10-8-6-4-2/h5,7,10-13,16-19,36,39-44,47-51H,3-4,6,8-9,14-15,20-35H2,1-2H3,(H,52,53)/b7-5+,12-10+,13-11+,18-16+,19-17+/t36-,39?,40-,41?,42?,43?,44?/m0/s1. The first kappa shape index (κ1) is 53.6. The summed E-state index contributed by atoms with van der Waals surface area (Å²) >= 11 is 0. The number of esters is 2. The zero-order valence-corrected chi connectivity index (χ0v) is 36.0. The van der Waals surface area contributed by atoms with Crippen LogP contribution in [0.15, 0.2) is 60.8 Å². The molecule has 8 atom stereocenters. The van der Waals surface area contributed by atoms with Gasteiger partial charge in [0.15, 0.2) is 6.10 Å². The van der Waals surface area contributed by atoms with E-state index in [1.165, 1.54) is 12.8 Å². The topological polar surface area (TPSA) is 210 Å². The van der Waals surface area contributed by atoms with E-state index in [1.807, 2.05) is 0 Å². The molecule has 0 spiro atoms. The molecule has 1 rings (SSSR count). The lowest BCUT2D eigenvalue weighted by molar-refractivity contribution is -0.220. The molecule has 0 aliphatic heterocycles. The van der Waals surface area contributed by atoms with Gasteiger partial charge in [-0.2, -0.15) is 0 Å². The van der Waals surface area contributed by atoms with E-state index in [9.17, 15) is 44.6 Å². The molecule has 0 bridgehead atoms. The number of ether oxygens (including phenoxy) is 2. The molecule has 0 aromatic heterocycles. The van der Waals surface area contributed by atoms with Crippen LogP contribution < -0.4 is 0 Å². The summed E-state index contributed by atoms with van der Waals surface area (Å²) in [6.45, 7) is 3.10. The average molecular weight is 843 g/mol. The highest BCUT2D eigenvalue weighted by atomic mass is 31.2. The molecule has 6 unspecified atom stereocenters. The van der Waals surface area contributed by atoms with Crippen LogP contribution in [0.5, 0.6) is 0 Å². The minimum atomic E-state index is -5.12. The van der Waals surface area contributed by atoms with Crippen LogP contribution >= 0.6 is 7.82 Å². The fourth-order valence-corrected chi connectivity index (χ4v) is 7.05. The maximum Gasteiger partial charge on any atom is 0.472 e. The summed E-state index contributed by atoms with van der Waals surface area (Å²) < 4.78 is 33.4. The minimum absolute atomic E-state index is 0.0738. The van der Waals surface area contributed by atoms with Crippen molar-refractivity contribution in [2.45, 2.75) is 191 Å². The first-order valence-electron chi connectivity index (χ1n) is 21.6. The smallest absolute Gasteiger partial charge is 0.462 e. The van der Waals surface area contributed by atoms with Crippen molar-refractivity contribution in [1.82, 2.24) is 0 Å². The van der Waals surface area contributed by atoms with Crippen molar-refractivity contribution in [3.63, 3.8) is 0 Å². The SMILES string of the molecule is CC/C=C/C/C=C/C/C=C/CCCCCCCC(=O)OC[C@@H](COP(=O)(O)OC1C(O)C(O)C(O)[C@H](O)C1O)OC(=O)CCCCCCC/C=C/C/C=C/CCCC. The second kappa shape index (κ2) is 34.3. The van der Waals surface area contributed by atoms with Gasteiger partial charge in [0.1, 0.15) is 43.2 Å². The number of allylic oxidation sites excluding steroid dienone is 10. The third-order valence-electron chi connectivity index (χ3n) is 9.59. The average Bonchev–Trinajstić information content (AvgIpc) is 3.20. The molecule has 13 nitrogen and oxygen atoms in total. The molecular weight excluding hydrogens is 767 g/mol. The zero-order valence-electron chi connectivity index (χ0n) is 35.1. The van der Waals surface area contributed by atoms with Crippen LogP contribution in [0.25, 0.3) is 0 Å². The van der Waals surface area contributed by atoms with Crippen molar-refractivity contribution in [2.24, 2.45) is 0 Å². The number of carbonyl (C=O) groups excluding carboxylic acids is 2. The Bertz CT molecular complexity index is 1250. The lowest BCUT2D eigenvalue weighted by atomic mass is 9.85. The summed E-state index contributed by atoms with van der Waals surface area (Å²) in [5.74, 6) is -1.14. The van der Waals surface area contributed by atoms with Crippen molar-refractivity contribution in [1.29, 1.82) is 0 Å². The van der Waals surface area contributed by atoms with Gasteiger partial charge < -0.3 is 39.9 Å². The number of aliphatic hydroxyl groups excluding tert-OH is 5. The Hall–Kier alpha value is -2.45. The van der Waals surface area contributed by atoms with Gasteiger partial charge in [-0.15, -0.1) is 0 Å². The molecule has 0 amide bonds. The highest BCUT2D eigenvalue weighted by Gasteiger charge is 2.51. The van der Waals surface area contributed by atoms with Crippen LogP contribution in [0, 0.1) is 0 Å². The quantitative estimate of drug-likeness (QED) is 0.0159. The van der Waals surface area contributed by atoms with Gasteiger partial charge in [0.2, 0.25) is 0 Å². The van der Waals surface area contributed by atoms with Gasteiger partial charge in [-0.1, -0.05) is 126 Å². The third kappa shape index (κ3) is 26.6. The summed E-state index contributed by atoms with van der Waals surface area (Å²) in [7, 11) is -5.12. The predicted molar refractivity (Wildman–Crippen MR) is 226 cm³/mol. The molecule has 0 radical (unpaired) electrons. The monoisotopic (exact) mass is 842 g/mol. The maximum absolute atomic E-state index is 12.8. The van der Waals surface area contributed by atoms with E-state index >= 15 is 0 Å². The van der Waals surface area contributed by atoms with Gasteiger partial charge in [-0.3, -0.25) is 18.6 Å². The molecule has 14 heteroatoms. The fourth-order valence-electron chi connectivity index (χ4n) is 6.08. The number of hydrogen-bond donors (Lipinski definition) is 6. The Labute approximate surface area is 347 Å². The second-order valence-electron chi connectivity index (χ2n) is 14.8. The second-order valence-corrected chi connectivity index (χ2v) is 16.2. The highest BCUT2D eigenvalue weighted by Crippen LogP contribution is 2.47. The predicted octanol–water partition coefficient (Wildman–Crippen LogP) is 7.77. The van der Waals surface area contributed by atoms with E-state index in [0.29, 0.717) is 12.8 Å². The summed E-state index contributed by atoms with van der Waals surface area (Å²) in [6, 6.07) is 0. The highest BCUT2D eigenvalue weighted by molar-refractivity contribution is 7.47. The summed E-state index contributed by atoms with van der Waals surface area (Å²) in [5, 5.41) is 50.1. The van der Waals surface area contributed by atoms with Crippen LogP contribution in [-0.2, 0) is 32.7 Å². The fraction of sp³-hybridized carbons (Fsp3) is 0.727. The van der Waals surface area contributed by atoms with Crippen LogP contribution in [0.2, 0.25) is 0 Å². The van der Waals surface area contributed by atoms with Gasteiger partial charge in [-0.05, 0) is 70.6 Å². The lowest BCUT2D eigenvalue weighted by Gasteiger charge is -2.41. The van der Waals surface area contributed by atoms with Gasteiger partial charge in [0.25, 0.3) is 0 Å². The lowest BCUT2D eigenvalue weighted by Crippen LogP contribution is -2.64. The molecule has 1 aliphatic rings. The third-order valence-corrected chi connectivity index (χ3v) is 10.6. The molecule has 1 aliphatic carbocycles. The normalized spacial score (nSPS) is 23.1. The van der Waals surface area contributed by atoms with E-state index in [-0.39, 0.29) is 12.8 Å². The first-order chi connectivity index (χ1) is 27.9. The Morgan fingerprint density at radius 1 is 0.552 bits per heavy atom. The van der Waals surface area contributed by atoms with Gasteiger partial charge >= 0.3 is 19.8 Å². The van der Waals surface area contributed by atoms with Crippen molar-refractivity contribution in [3.8, 4) is 0 Å². The van der Waals surface area contributed by atoms with Crippen LogP contribution in [-0.4, -0.2) is 98.3 Å². The molecule has 0 heterocycles. The van der Waals surface area contributed by atoms with E-state index in [2.05, 4.69) is 74.6 Å².